The van der Waals surface area contributed by atoms with Crippen LogP contribution in [0.1, 0.15) is 5.56 Å². The Morgan fingerprint density at radius 2 is 2.00 bits per heavy atom. The predicted octanol–water partition coefficient (Wildman–Crippen LogP) is 1.29. The molecule has 0 spiro atoms. The van der Waals surface area contributed by atoms with Crippen LogP contribution < -0.4 is 0 Å². The molecule has 1 aromatic heterocycles. The fourth-order valence-corrected chi connectivity index (χ4v) is 1.92. The fraction of sp³-hybridized carbons (Fsp3) is 0.375. The smallest absolute Gasteiger partial charge is 0.243 e. The van der Waals surface area contributed by atoms with Gasteiger partial charge >= 0.3 is 0 Å². The summed E-state index contributed by atoms with van der Waals surface area (Å²) in [6, 6.07) is 1.50. The van der Waals surface area contributed by atoms with Gasteiger partial charge in [0.2, 0.25) is 10.0 Å². The minimum Gasteiger partial charge on any atom is -0.243 e. The van der Waals surface area contributed by atoms with Gasteiger partial charge in [0.15, 0.2) is 0 Å². The number of hydrogen-bond acceptors (Lipinski definition) is 3. The summed E-state index contributed by atoms with van der Waals surface area (Å²) in [5.41, 5.74) is 0.648. The van der Waals surface area contributed by atoms with Crippen molar-refractivity contribution < 1.29 is 8.42 Å². The van der Waals surface area contributed by atoms with Crippen molar-refractivity contribution >= 4 is 21.6 Å². The van der Waals surface area contributed by atoms with Gasteiger partial charge in [-0.15, -0.1) is 0 Å². The van der Waals surface area contributed by atoms with Crippen molar-refractivity contribution in [2.45, 2.75) is 11.8 Å². The van der Waals surface area contributed by atoms with E-state index in [-0.39, 0.29) is 4.90 Å². The van der Waals surface area contributed by atoms with Crippen molar-refractivity contribution in [3.05, 3.63) is 23.0 Å². The second-order valence-electron chi connectivity index (χ2n) is 3.07. The lowest BCUT2D eigenvalue weighted by atomic mass is 10.3. The van der Waals surface area contributed by atoms with Crippen LogP contribution in [0.15, 0.2) is 17.2 Å². The Hall–Kier alpha value is -0.650. The molecule has 0 amide bonds. The van der Waals surface area contributed by atoms with Crippen LogP contribution in [-0.4, -0.2) is 31.8 Å². The zero-order valence-corrected chi connectivity index (χ0v) is 9.72. The summed E-state index contributed by atoms with van der Waals surface area (Å²) in [6.07, 6.45) is 1.25. The fourth-order valence-electron chi connectivity index (χ4n) is 0.884. The van der Waals surface area contributed by atoms with Gasteiger partial charge in [-0.05, 0) is 18.6 Å². The summed E-state index contributed by atoms with van der Waals surface area (Å²) in [7, 11) is -0.461. The molecule has 6 heteroatoms. The molecule has 1 rings (SSSR count). The minimum atomic E-state index is -3.40. The molecule has 1 heterocycles. The van der Waals surface area contributed by atoms with E-state index < -0.39 is 10.0 Å². The standard InChI is InChI=1S/C8H11ClN2O2S/c1-6-4-7(5-10-8(6)9)14(12,13)11(2)3/h4-5H,1-3H3. The van der Waals surface area contributed by atoms with Crippen LogP contribution in [0, 0.1) is 6.92 Å². The molecule has 0 saturated heterocycles. The molecular weight excluding hydrogens is 224 g/mol. The molecule has 0 aliphatic heterocycles. The first-order chi connectivity index (χ1) is 6.35. The van der Waals surface area contributed by atoms with E-state index in [4.69, 9.17) is 11.6 Å². The maximum atomic E-state index is 11.6. The number of halogens is 1. The number of rotatable bonds is 2. The Morgan fingerprint density at radius 3 is 2.43 bits per heavy atom. The van der Waals surface area contributed by atoms with Crippen molar-refractivity contribution in [3.8, 4) is 0 Å². The molecule has 78 valence electrons. The molecule has 0 N–H and O–H groups in total. The zero-order valence-electron chi connectivity index (χ0n) is 8.15. The lowest BCUT2D eigenvalue weighted by Crippen LogP contribution is -2.22. The highest BCUT2D eigenvalue weighted by atomic mass is 35.5. The summed E-state index contributed by atoms with van der Waals surface area (Å²) >= 11 is 5.69. The third kappa shape index (κ3) is 2.05. The minimum absolute atomic E-state index is 0.157. The van der Waals surface area contributed by atoms with Gasteiger partial charge in [0.25, 0.3) is 0 Å². The highest BCUT2D eigenvalue weighted by molar-refractivity contribution is 7.89. The van der Waals surface area contributed by atoms with Crippen LogP contribution >= 0.6 is 11.6 Å². The highest BCUT2D eigenvalue weighted by Crippen LogP contribution is 2.18. The topological polar surface area (TPSA) is 50.3 Å². The summed E-state index contributed by atoms with van der Waals surface area (Å²) in [5.74, 6) is 0. The van der Waals surface area contributed by atoms with Crippen molar-refractivity contribution in [1.29, 1.82) is 0 Å². The summed E-state index contributed by atoms with van der Waals surface area (Å²) in [6.45, 7) is 1.71. The summed E-state index contributed by atoms with van der Waals surface area (Å²) in [5, 5.41) is 0.322. The van der Waals surface area contributed by atoms with Crippen LogP contribution in [0.2, 0.25) is 5.15 Å². The van der Waals surface area contributed by atoms with Gasteiger partial charge in [-0.3, -0.25) is 0 Å². The molecule has 0 fully saturated rings. The molecule has 0 aliphatic rings. The Bertz CT molecular complexity index is 443. The molecule has 0 aromatic carbocycles. The molecule has 1 aromatic rings. The zero-order chi connectivity index (χ0) is 10.9. The van der Waals surface area contributed by atoms with Crippen LogP contribution in [-0.2, 0) is 10.0 Å². The van der Waals surface area contributed by atoms with Crippen molar-refractivity contribution in [3.63, 3.8) is 0 Å². The lowest BCUT2D eigenvalue weighted by molar-refractivity contribution is 0.520. The van der Waals surface area contributed by atoms with Gasteiger partial charge < -0.3 is 0 Å². The Morgan fingerprint density at radius 1 is 1.43 bits per heavy atom. The van der Waals surface area contributed by atoms with E-state index in [1.54, 1.807) is 6.92 Å². The Kier molecular flexibility index (Phi) is 3.14. The molecule has 0 unspecified atom stereocenters. The van der Waals surface area contributed by atoms with Crippen LogP contribution in [0.5, 0.6) is 0 Å². The first kappa shape index (κ1) is 11.4. The van der Waals surface area contributed by atoms with E-state index in [2.05, 4.69) is 4.98 Å². The average Bonchev–Trinajstić information content (AvgIpc) is 2.09. The number of nitrogens with zero attached hydrogens (tertiary/aromatic N) is 2. The van der Waals surface area contributed by atoms with E-state index in [1.165, 1.54) is 26.4 Å². The van der Waals surface area contributed by atoms with Crippen molar-refractivity contribution in [2.75, 3.05) is 14.1 Å². The highest BCUT2D eigenvalue weighted by Gasteiger charge is 2.18. The summed E-state index contributed by atoms with van der Waals surface area (Å²) in [4.78, 5) is 3.94. The van der Waals surface area contributed by atoms with E-state index in [1.807, 2.05) is 0 Å². The number of hydrogen-bond donors (Lipinski definition) is 0. The SMILES string of the molecule is Cc1cc(S(=O)(=O)N(C)C)cnc1Cl. The maximum Gasteiger partial charge on any atom is 0.244 e. The van der Waals surface area contributed by atoms with Gasteiger partial charge in [0.1, 0.15) is 10.0 Å². The van der Waals surface area contributed by atoms with Crippen molar-refractivity contribution in [2.24, 2.45) is 0 Å². The number of aromatic nitrogens is 1. The lowest BCUT2D eigenvalue weighted by Gasteiger charge is -2.11. The quantitative estimate of drug-likeness (QED) is 0.725. The second kappa shape index (κ2) is 3.84. The van der Waals surface area contributed by atoms with Gasteiger partial charge in [0, 0.05) is 20.3 Å². The number of sulfonamides is 1. The van der Waals surface area contributed by atoms with Crippen LogP contribution in [0.3, 0.4) is 0 Å². The van der Waals surface area contributed by atoms with E-state index in [0.717, 1.165) is 4.31 Å². The largest absolute Gasteiger partial charge is 0.244 e. The van der Waals surface area contributed by atoms with E-state index in [0.29, 0.717) is 10.7 Å². The first-order valence-corrected chi connectivity index (χ1v) is 5.72. The number of pyridine rings is 1. The third-order valence-corrected chi connectivity index (χ3v) is 3.94. The van der Waals surface area contributed by atoms with Gasteiger partial charge in [-0.1, -0.05) is 11.6 Å². The maximum absolute atomic E-state index is 11.6. The Labute approximate surface area is 88.6 Å². The van der Waals surface area contributed by atoms with Gasteiger partial charge in [-0.2, -0.15) is 0 Å². The molecule has 0 atom stereocenters. The molecule has 0 aliphatic carbocycles. The summed E-state index contributed by atoms with van der Waals surface area (Å²) < 4.78 is 24.4. The molecule has 14 heavy (non-hydrogen) atoms. The monoisotopic (exact) mass is 234 g/mol. The van der Waals surface area contributed by atoms with Crippen molar-refractivity contribution in [1.82, 2.24) is 9.29 Å². The normalized spacial score (nSPS) is 12.1. The molecule has 0 saturated carbocycles. The van der Waals surface area contributed by atoms with Gasteiger partial charge in [-0.25, -0.2) is 17.7 Å². The Balaban J connectivity index is 3.29. The van der Waals surface area contributed by atoms with Crippen LogP contribution in [0.4, 0.5) is 0 Å². The average molecular weight is 235 g/mol. The van der Waals surface area contributed by atoms with Crippen LogP contribution in [0.25, 0.3) is 0 Å². The molecule has 4 nitrogen and oxygen atoms in total. The molecule has 0 radical (unpaired) electrons. The molecule has 0 bridgehead atoms. The third-order valence-electron chi connectivity index (χ3n) is 1.77. The first-order valence-electron chi connectivity index (χ1n) is 3.90. The molecular formula is C8H11ClN2O2S. The van der Waals surface area contributed by atoms with E-state index >= 15 is 0 Å². The predicted molar refractivity (Wildman–Crippen MR) is 54.9 cm³/mol. The van der Waals surface area contributed by atoms with E-state index in [9.17, 15) is 8.42 Å². The number of aryl methyl sites for hydroxylation is 1. The van der Waals surface area contributed by atoms with Gasteiger partial charge in [0.05, 0.1) is 0 Å². The second-order valence-corrected chi connectivity index (χ2v) is 5.58.